The Morgan fingerprint density at radius 2 is 1.03 bits per heavy atom. The van der Waals surface area contributed by atoms with E-state index in [9.17, 15) is 43.3 Å². The maximum Gasteiger partial charge on any atom is 1.00 e. The molecule has 4 fully saturated rings. The summed E-state index contributed by atoms with van der Waals surface area (Å²) < 4.78 is 41.1. The molecule has 4 aromatic carbocycles. The molecule has 1 saturated heterocycles. The Balaban J connectivity index is 0.000000273. The molecule has 0 unspecified atom stereocenters. The van der Waals surface area contributed by atoms with Crippen molar-refractivity contribution in [2.45, 2.75) is 70.6 Å². The number of nitrogens with zero attached hydrogens (tertiary/aromatic N) is 11. The van der Waals surface area contributed by atoms with Crippen molar-refractivity contribution in [3.05, 3.63) is 133 Å². The third-order valence-electron chi connectivity index (χ3n) is 15.5. The summed E-state index contributed by atoms with van der Waals surface area (Å²) in [5, 5.41) is 44.9. The van der Waals surface area contributed by atoms with Gasteiger partial charge in [-0.3, -0.25) is 54.5 Å². The Labute approximate surface area is 636 Å². The van der Waals surface area contributed by atoms with E-state index < -0.39 is 30.7 Å². The number of nitrogens with one attached hydrogen (secondary N) is 4. The molecule has 4 aromatic heterocycles. The molecular formula is C58H61Br2ClFK2N15O11P2. The molecule has 0 amide bonds. The largest absolute Gasteiger partial charge is 1.00 e. The third kappa shape index (κ3) is 19.0. The second kappa shape index (κ2) is 33.2. The molecule has 0 atom stereocenters. The summed E-state index contributed by atoms with van der Waals surface area (Å²) in [6, 6.07) is 15.5. The van der Waals surface area contributed by atoms with Crippen LogP contribution < -0.4 is 145 Å². The monoisotopic (exact) mass is 1500 g/mol. The number of hydrogen-bond donors (Lipinski definition) is 4. The molecule has 34 heteroatoms. The van der Waals surface area contributed by atoms with Crippen LogP contribution in [0.2, 0.25) is 0 Å². The van der Waals surface area contributed by atoms with Gasteiger partial charge in [0.15, 0.2) is 0 Å². The SMILES string of the molecule is CP(C)(=O)c1c(Nc2nc(Nc3ccc(F)c([N+](=O)[O-])c3)ncc2Br)ccc2nccnc12.CP(C)(=O)c1c(Nc2nc(Nc3ccc(N4CCC5(CC4)CC(=O)C5)c([N+](=O)[O-])c3)ncc2Br)ccc2nccnc12.Cl.O=C1CC2(CCCCC2)C1.O=CO[O-].[H-].[K+].[K+]. The van der Waals surface area contributed by atoms with E-state index in [-0.39, 0.29) is 157 Å². The summed E-state index contributed by atoms with van der Waals surface area (Å²) in [7, 11) is -5.56. The van der Waals surface area contributed by atoms with Gasteiger partial charge in [0.05, 0.1) is 51.8 Å². The molecular weight excluding hydrogens is 1440 g/mol. The number of benzene rings is 4. The molecule has 0 bridgehead atoms. The molecule has 4 aliphatic rings. The van der Waals surface area contributed by atoms with Gasteiger partial charge >= 0.3 is 108 Å². The molecule has 0 radical (unpaired) electrons. The Morgan fingerprint density at radius 1 is 0.620 bits per heavy atom. The average molecular weight is 1500 g/mol. The quantitative estimate of drug-likeness (QED) is 0.0241. The number of carbonyl (C=O) groups excluding carboxylic acids is 3. The van der Waals surface area contributed by atoms with Gasteiger partial charge in [-0.05, 0) is 144 Å². The van der Waals surface area contributed by atoms with Gasteiger partial charge in [-0.25, -0.2) is 9.97 Å². The third-order valence-corrected chi connectivity index (χ3v) is 19.8. The first kappa shape index (κ1) is 76.2. The van der Waals surface area contributed by atoms with Crippen LogP contribution in [-0.2, 0) is 28.4 Å². The van der Waals surface area contributed by atoms with Gasteiger partial charge in [-0.15, -0.1) is 12.4 Å². The van der Waals surface area contributed by atoms with Crippen molar-refractivity contribution in [3.63, 3.8) is 0 Å². The first-order valence-corrected chi connectivity index (χ1v) is 34.6. The van der Waals surface area contributed by atoms with E-state index in [1.807, 2.05) is 4.90 Å². The predicted octanol–water partition coefficient (Wildman–Crippen LogP) is 6.02. The summed E-state index contributed by atoms with van der Waals surface area (Å²) in [5.74, 6) is 0.953. The predicted molar refractivity (Wildman–Crippen MR) is 349 cm³/mol. The van der Waals surface area contributed by atoms with Crippen LogP contribution in [0.4, 0.5) is 67.7 Å². The van der Waals surface area contributed by atoms with Gasteiger partial charge in [0.1, 0.15) is 54.2 Å². The summed E-state index contributed by atoms with van der Waals surface area (Å²) in [6.07, 6.45) is 20.9. The fourth-order valence-electron chi connectivity index (χ4n) is 11.4. The maximum absolute atomic E-state index is 13.6. The van der Waals surface area contributed by atoms with Crippen LogP contribution >= 0.6 is 58.6 Å². The normalized spacial score (nSPS) is 15.1. The number of nitro benzene ring substituents is 2. The van der Waals surface area contributed by atoms with Crippen LogP contribution in [0.1, 0.15) is 72.1 Å². The molecule has 474 valence electrons. The minimum absolute atomic E-state index is 0. The van der Waals surface area contributed by atoms with E-state index in [2.05, 4.69) is 97.9 Å². The number of rotatable bonds is 14. The summed E-state index contributed by atoms with van der Waals surface area (Å²) in [4.78, 5) is 92.3. The zero-order chi connectivity index (χ0) is 63.8. The van der Waals surface area contributed by atoms with Crippen LogP contribution in [0.5, 0.6) is 0 Å². The van der Waals surface area contributed by atoms with Crippen LogP contribution in [0, 0.1) is 36.9 Å². The first-order chi connectivity index (χ1) is 42.4. The molecule has 92 heavy (non-hydrogen) atoms. The standard InChI is InChI=1S/C28H28BrN8O4P.C20H16BrFN7O3P.C9H14O.CH2O3.ClH.2K.H/c1-42(2,41)25-21(5-4-20-24(25)31-10-9-30-20)34-26-19(29)16-32-27(35-26)33-17-3-6-22(23(13-17)37(39)40)36-11-7-28(8-12-36)14-18(38)15-28;1-33(2,32)18-15(6-5-14-17(18)24-8-7-23-14)27-19-12(21)10-25-20(28-19)26-11-3-4-13(22)16(9-11)29(30)31;10-8-6-9(7-8)4-2-1-3-5-9;2-1-4-3;;;;/h3-6,9-10,13,16H,7-8,11-12,14-15H2,1-2H3,(H2,32,33,34,35);3-10H,1-2H3,(H2,25,26,27,28);1-7H2;1,3H;1H;;;/q;;;;;2*+1;-1/p-1. The van der Waals surface area contributed by atoms with Crippen molar-refractivity contribution >= 4 is 173 Å². The number of Topliss-reactive ketones (excluding diaryl/α,β-unsaturated/α-hetero) is 2. The number of aromatic nitrogens is 8. The fourth-order valence-corrected chi connectivity index (χ4v) is 14.8. The number of fused-ring (bicyclic) bond motifs is 2. The van der Waals surface area contributed by atoms with Gasteiger partial charge in [-0.1, -0.05) is 19.3 Å². The van der Waals surface area contributed by atoms with Crippen LogP contribution in [0.25, 0.3) is 22.1 Å². The number of ketones is 2. The second-order valence-electron chi connectivity index (χ2n) is 22.7. The number of hydrogen-bond acceptors (Lipinski definition) is 24. The number of halogens is 4. The molecule has 1 aliphatic heterocycles. The minimum Gasteiger partial charge on any atom is -1.00 e. The van der Waals surface area contributed by atoms with E-state index >= 15 is 0 Å². The van der Waals surface area contributed by atoms with E-state index in [4.69, 9.17) is 10.1 Å². The first-order valence-electron chi connectivity index (χ1n) is 27.8. The topological polar surface area (TPSA) is 358 Å². The smallest absolute Gasteiger partial charge is 1.00 e. The Bertz CT molecular complexity index is 4160. The Morgan fingerprint density at radius 3 is 1.45 bits per heavy atom. The van der Waals surface area contributed by atoms with Gasteiger partial charge < -0.3 is 46.9 Å². The average Bonchev–Trinajstić information content (AvgIpc) is 0.825. The second-order valence-corrected chi connectivity index (χ2v) is 30.7. The molecule has 3 saturated carbocycles. The number of piperidine rings is 1. The van der Waals surface area contributed by atoms with Gasteiger partial charge in [-0.2, -0.15) is 14.4 Å². The molecule has 8 aromatic rings. The molecule has 5 heterocycles. The van der Waals surface area contributed by atoms with Crippen LogP contribution in [0.15, 0.2) is 107 Å². The summed E-state index contributed by atoms with van der Waals surface area (Å²) in [6.45, 7) is 7.82. The summed E-state index contributed by atoms with van der Waals surface area (Å²) >= 11 is 6.86. The molecule has 4 N–H and O–H groups in total. The van der Waals surface area contributed by atoms with Crippen molar-refractivity contribution in [1.29, 1.82) is 0 Å². The van der Waals surface area contributed by atoms with E-state index in [0.717, 1.165) is 37.8 Å². The number of carbonyl (C=O) groups is 3. The number of anilines is 9. The van der Waals surface area contributed by atoms with Crippen molar-refractivity contribution in [1.82, 2.24) is 39.9 Å². The fraction of sp³-hybridized carbons (Fsp3) is 0.328. The minimum atomic E-state index is -2.78. The summed E-state index contributed by atoms with van der Waals surface area (Å²) in [5.41, 5.74) is 4.64. The van der Waals surface area contributed by atoms with Gasteiger partial charge in [0.2, 0.25) is 17.7 Å². The van der Waals surface area contributed by atoms with Crippen LogP contribution in [-0.4, -0.2) is 108 Å². The van der Waals surface area contributed by atoms with E-state index in [1.165, 1.54) is 56.6 Å². The van der Waals surface area contributed by atoms with E-state index in [0.29, 0.717) is 119 Å². The zero-order valence-corrected chi connectivity index (χ0v) is 62.9. The zero-order valence-electron chi connectivity index (χ0n) is 51.9. The molecule has 12 rings (SSSR count). The van der Waals surface area contributed by atoms with Crippen molar-refractivity contribution in [2.75, 3.05) is 65.9 Å². The van der Waals surface area contributed by atoms with Crippen molar-refractivity contribution in [2.24, 2.45) is 10.8 Å². The Hall–Kier alpha value is -4.80. The Kier molecular flexibility index (Phi) is 27.5. The maximum atomic E-state index is 13.6. The van der Waals surface area contributed by atoms with Gasteiger partial charge in [0, 0.05) is 99.5 Å². The van der Waals surface area contributed by atoms with E-state index in [1.54, 1.807) is 87.8 Å². The molecule has 2 spiro atoms. The van der Waals surface area contributed by atoms with Crippen molar-refractivity contribution < 1.29 is 152 Å². The van der Waals surface area contributed by atoms with Crippen LogP contribution in [0.3, 0.4) is 0 Å². The van der Waals surface area contributed by atoms with Crippen molar-refractivity contribution in [3.8, 4) is 0 Å². The number of nitro groups is 2. The molecule has 3 aliphatic carbocycles. The molecule has 26 nitrogen and oxygen atoms in total. The van der Waals surface area contributed by atoms with Gasteiger partial charge in [0.25, 0.3) is 12.2 Å².